The molecule has 0 saturated heterocycles. The maximum absolute atomic E-state index is 13.5. The number of benzene rings is 2. The Morgan fingerprint density at radius 1 is 1.13 bits per heavy atom. The molecule has 1 fully saturated rings. The zero-order chi connectivity index (χ0) is 22.0. The first kappa shape index (κ1) is 21.0. The molecule has 1 saturated carbocycles. The Bertz CT molecular complexity index is 1020. The zero-order valence-corrected chi connectivity index (χ0v) is 18.0. The van der Waals surface area contributed by atoms with Crippen molar-refractivity contribution >= 4 is 29.6 Å². The number of anilines is 1. The number of rotatable bonds is 5. The molecule has 1 spiro atoms. The highest BCUT2D eigenvalue weighted by atomic mass is 16.2. The Balaban J connectivity index is 1.54. The van der Waals surface area contributed by atoms with Crippen LogP contribution in [-0.2, 0) is 9.59 Å². The Morgan fingerprint density at radius 2 is 1.77 bits per heavy atom. The molecule has 31 heavy (non-hydrogen) atoms. The molecule has 0 bridgehead atoms. The molecule has 1 heterocycles. The van der Waals surface area contributed by atoms with Gasteiger partial charge >= 0.3 is 0 Å². The maximum Gasteiger partial charge on any atom is 0.260 e. The normalized spacial score (nSPS) is 23.0. The SMILES string of the molecule is CCC1=NN(c2ccccc2)C(=O)C12CCC(N(C=O)C(=O)c1ccccc1C)CC2. The molecule has 2 aromatic rings. The quantitative estimate of drug-likeness (QED) is 0.680. The number of hydrogen-bond acceptors (Lipinski definition) is 4. The number of hydrogen-bond donors (Lipinski definition) is 0. The number of aryl methyl sites for hydroxylation is 1. The molecule has 1 aliphatic carbocycles. The van der Waals surface area contributed by atoms with E-state index in [4.69, 9.17) is 0 Å². The summed E-state index contributed by atoms with van der Waals surface area (Å²) in [6, 6.07) is 16.5. The van der Waals surface area contributed by atoms with Crippen LogP contribution in [0.3, 0.4) is 0 Å². The van der Waals surface area contributed by atoms with Gasteiger partial charge in [0.1, 0.15) is 0 Å². The van der Waals surface area contributed by atoms with E-state index >= 15 is 0 Å². The van der Waals surface area contributed by atoms with Crippen molar-refractivity contribution in [3.05, 3.63) is 65.7 Å². The topological polar surface area (TPSA) is 70.1 Å². The molecule has 0 unspecified atom stereocenters. The van der Waals surface area contributed by atoms with E-state index < -0.39 is 5.41 Å². The minimum atomic E-state index is -0.638. The fourth-order valence-corrected chi connectivity index (χ4v) is 4.87. The molecule has 0 atom stereocenters. The van der Waals surface area contributed by atoms with Crippen molar-refractivity contribution < 1.29 is 14.4 Å². The standard InChI is InChI=1S/C25H27N3O3/c1-3-22-25(24(31)28(26-22)20-10-5-4-6-11-20)15-13-19(14-16-25)27(17-29)23(30)21-12-8-7-9-18(21)2/h4-12,17,19H,3,13-16H2,1-2H3. The summed E-state index contributed by atoms with van der Waals surface area (Å²) in [7, 11) is 0. The summed E-state index contributed by atoms with van der Waals surface area (Å²) in [4.78, 5) is 39.7. The van der Waals surface area contributed by atoms with E-state index in [0.29, 0.717) is 44.1 Å². The molecule has 3 amide bonds. The third kappa shape index (κ3) is 3.56. The lowest BCUT2D eigenvalue weighted by molar-refractivity contribution is -0.126. The number of nitrogens with zero attached hydrogens (tertiary/aromatic N) is 3. The third-order valence-electron chi connectivity index (χ3n) is 6.64. The molecule has 0 radical (unpaired) electrons. The van der Waals surface area contributed by atoms with Crippen molar-refractivity contribution in [1.82, 2.24) is 4.90 Å². The van der Waals surface area contributed by atoms with E-state index in [0.717, 1.165) is 17.0 Å². The number of amides is 3. The first-order valence-corrected chi connectivity index (χ1v) is 10.8. The molecule has 160 valence electrons. The van der Waals surface area contributed by atoms with Crippen molar-refractivity contribution in [2.45, 2.75) is 52.0 Å². The lowest BCUT2D eigenvalue weighted by Crippen LogP contribution is -2.48. The van der Waals surface area contributed by atoms with Crippen molar-refractivity contribution in [3.63, 3.8) is 0 Å². The first-order chi connectivity index (χ1) is 15.0. The van der Waals surface area contributed by atoms with Crippen molar-refractivity contribution in [2.24, 2.45) is 10.5 Å². The van der Waals surface area contributed by atoms with Gasteiger partial charge in [0.05, 0.1) is 16.8 Å². The molecule has 6 heteroatoms. The second-order valence-corrected chi connectivity index (χ2v) is 8.30. The lowest BCUT2D eigenvalue weighted by atomic mass is 9.68. The van der Waals surface area contributed by atoms with Gasteiger partial charge in [0.2, 0.25) is 6.41 Å². The van der Waals surface area contributed by atoms with E-state index in [1.54, 1.807) is 12.1 Å². The van der Waals surface area contributed by atoms with Crippen LogP contribution >= 0.6 is 0 Å². The largest absolute Gasteiger partial charge is 0.278 e. The highest BCUT2D eigenvalue weighted by molar-refractivity contribution is 6.19. The molecule has 0 aromatic heterocycles. The number of carbonyl (C=O) groups is 3. The van der Waals surface area contributed by atoms with Gasteiger partial charge in [-0.15, -0.1) is 0 Å². The van der Waals surface area contributed by atoms with Crippen LogP contribution in [0.2, 0.25) is 0 Å². The van der Waals surface area contributed by atoms with Gasteiger partial charge in [0.15, 0.2) is 0 Å². The summed E-state index contributed by atoms with van der Waals surface area (Å²) in [5, 5.41) is 6.19. The average Bonchev–Trinajstić information content (AvgIpc) is 3.07. The maximum atomic E-state index is 13.5. The summed E-state index contributed by atoms with van der Waals surface area (Å²) >= 11 is 0. The van der Waals surface area contributed by atoms with Crippen molar-refractivity contribution in [3.8, 4) is 0 Å². The van der Waals surface area contributed by atoms with E-state index in [1.807, 2.05) is 56.3 Å². The van der Waals surface area contributed by atoms with Crippen LogP contribution in [0.25, 0.3) is 0 Å². The van der Waals surface area contributed by atoms with Gasteiger partial charge in [0, 0.05) is 11.6 Å². The molecule has 0 N–H and O–H groups in total. The van der Waals surface area contributed by atoms with Crippen molar-refractivity contribution in [2.75, 3.05) is 5.01 Å². The second-order valence-electron chi connectivity index (χ2n) is 8.30. The van der Waals surface area contributed by atoms with Crippen LogP contribution in [0.5, 0.6) is 0 Å². The van der Waals surface area contributed by atoms with Crippen LogP contribution in [0.1, 0.15) is 54.9 Å². The van der Waals surface area contributed by atoms with Gasteiger partial charge in [-0.05, 0) is 62.8 Å². The highest BCUT2D eigenvalue weighted by Crippen LogP contribution is 2.46. The van der Waals surface area contributed by atoms with Gasteiger partial charge in [-0.25, -0.2) is 0 Å². The van der Waals surface area contributed by atoms with Gasteiger partial charge < -0.3 is 0 Å². The average molecular weight is 418 g/mol. The molecule has 1 aliphatic heterocycles. The van der Waals surface area contributed by atoms with Gasteiger partial charge in [0.25, 0.3) is 11.8 Å². The zero-order valence-electron chi connectivity index (χ0n) is 18.0. The molecule has 4 rings (SSSR count). The van der Waals surface area contributed by atoms with E-state index in [1.165, 1.54) is 9.91 Å². The Kier molecular flexibility index (Phi) is 5.72. The molecular formula is C25H27N3O3. The minimum Gasteiger partial charge on any atom is -0.278 e. The van der Waals surface area contributed by atoms with Crippen molar-refractivity contribution in [1.29, 1.82) is 0 Å². The number of hydrazone groups is 1. The monoisotopic (exact) mass is 417 g/mol. The lowest BCUT2D eigenvalue weighted by Gasteiger charge is -2.39. The van der Waals surface area contributed by atoms with Crippen LogP contribution in [0, 0.1) is 12.3 Å². The molecule has 2 aromatic carbocycles. The first-order valence-electron chi connectivity index (χ1n) is 10.8. The van der Waals surface area contributed by atoms with Gasteiger partial charge in [-0.2, -0.15) is 10.1 Å². The predicted molar refractivity (Wildman–Crippen MR) is 120 cm³/mol. The fourth-order valence-electron chi connectivity index (χ4n) is 4.87. The van der Waals surface area contributed by atoms with Gasteiger partial charge in [-0.1, -0.05) is 43.3 Å². The summed E-state index contributed by atoms with van der Waals surface area (Å²) in [6.45, 7) is 3.89. The Labute approximate surface area is 182 Å². The summed E-state index contributed by atoms with van der Waals surface area (Å²) < 4.78 is 0. The van der Waals surface area contributed by atoms with Gasteiger partial charge in [-0.3, -0.25) is 19.3 Å². The molecular weight excluding hydrogens is 390 g/mol. The fraction of sp³-hybridized carbons (Fsp3) is 0.360. The third-order valence-corrected chi connectivity index (χ3v) is 6.64. The minimum absolute atomic E-state index is 0.00289. The summed E-state index contributed by atoms with van der Waals surface area (Å²) in [5.41, 5.74) is 2.40. The van der Waals surface area contributed by atoms with Crippen LogP contribution in [0.4, 0.5) is 5.69 Å². The summed E-state index contributed by atoms with van der Waals surface area (Å²) in [5.74, 6) is -0.279. The molecule has 6 nitrogen and oxygen atoms in total. The van der Waals surface area contributed by atoms with Crippen LogP contribution in [-0.4, -0.2) is 34.9 Å². The van der Waals surface area contributed by atoms with E-state index in [-0.39, 0.29) is 17.9 Å². The number of carbonyl (C=O) groups excluding carboxylic acids is 3. The number of imide groups is 1. The van der Waals surface area contributed by atoms with Crippen LogP contribution < -0.4 is 5.01 Å². The predicted octanol–water partition coefficient (Wildman–Crippen LogP) is 4.34. The Morgan fingerprint density at radius 3 is 2.39 bits per heavy atom. The molecule has 2 aliphatic rings. The Hall–Kier alpha value is -3.28. The summed E-state index contributed by atoms with van der Waals surface area (Å²) in [6.07, 6.45) is 3.67. The second kappa shape index (κ2) is 8.46. The number of para-hydroxylation sites is 1. The van der Waals surface area contributed by atoms with E-state index in [9.17, 15) is 14.4 Å². The van der Waals surface area contributed by atoms with E-state index in [2.05, 4.69) is 5.10 Å². The highest BCUT2D eigenvalue weighted by Gasteiger charge is 2.52. The van der Waals surface area contributed by atoms with Crippen LogP contribution in [0.15, 0.2) is 59.7 Å². The smallest absolute Gasteiger partial charge is 0.260 e.